The fourth-order valence-electron chi connectivity index (χ4n) is 1.51. The van der Waals surface area contributed by atoms with Crippen molar-refractivity contribution in [1.82, 2.24) is 15.5 Å². The van der Waals surface area contributed by atoms with Crippen LogP contribution >= 0.6 is 0 Å². The average molecular weight is 259 g/mol. The summed E-state index contributed by atoms with van der Waals surface area (Å²) >= 11 is 0. The highest BCUT2D eigenvalue weighted by Crippen LogP contribution is 1.91. The van der Waals surface area contributed by atoms with Crippen LogP contribution in [0, 0.1) is 0 Å². The number of hydrogen-bond acceptors (Lipinski definition) is 5. The second kappa shape index (κ2) is 9.85. The first-order valence-electron chi connectivity index (χ1n) is 6.17. The number of nitrogens with zero attached hydrogens (tertiary/aromatic N) is 1. The first-order valence-corrected chi connectivity index (χ1v) is 6.17. The Kier molecular flexibility index (Phi) is 9.22. The zero-order valence-electron chi connectivity index (χ0n) is 11.8. The third kappa shape index (κ3) is 8.95. The number of esters is 1. The molecule has 1 atom stereocenters. The summed E-state index contributed by atoms with van der Waals surface area (Å²) in [5.41, 5.74) is 0. The molecule has 6 nitrogen and oxygen atoms in total. The van der Waals surface area contributed by atoms with Crippen LogP contribution in [-0.4, -0.2) is 63.7 Å². The molecule has 18 heavy (non-hydrogen) atoms. The summed E-state index contributed by atoms with van der Waals surface area (Å²) in [7, 11) is 5.39. The van der Waals surface area contributed by atoms with Gasteiger partial charge in [-0.3, -0.25) is 4.79 Å². The van der Waals surface area contributed by atoms with Crippen molar-refractivity contribution in [2.24, 2.45) is 0 Å². The Labute approximate surface area is 109 Å². The summed E-state index contributed by atoms with van der Waals surface area (Å²) in [6, 6.07) is -0.610. The minimum absolute atomic E-state index is 0.236. The first-order chi connectivity index (χ1) is 8.47. The standard InChI is InChI=1S/C12H25N3O3/c1-10(16)14-11(12(17)18-4)9-13-7-5-6-8-15(2)3/h11,13H,5-9H2,1-4H3,(H,14,16). The van der Waals surface area contributed by atoms with E-state index in [-0.39, 0.29) is 5.91 Å². The number of ether oxygens (including phenoxy) is 1. The maximum Gasteiger partial charge on any atom is 0.329 e. The van der Waals surface area contributed by atoms with Gasteiger partial charge in [0.2, 0.25) is 5.91 Å². The molecule has 0 aromatic carbocycles. The molecule has 0 aliphatic carbocycles. The molecule has 0 saturated heterocycles. The molecule has 1 amide bonds. The highest BCUT2D eigenvalue weighted by Gasteiger charge is 2.19. The molecule has 0 fully saturated rings. The van der Waals surface area contributed by atoms with Gasteiger partial charge in [-0.15, -0.1) is 0 Å². The van der Waals surface area contributed by atoms with E-state index in [2.05, 4.69) is 20.3 Å². The summed E-state index contributed by atoms with van der Waals surface area (Å²) in [6.45, 7) is 3.65. The van der Waals surface area contributed by atoms with E-state index in [9.17, 15) is 9.59 Å². The molecule has 0 heterocycles. The van der Waals surface area contributed by atoms with Crippen molar-refractivity contribution in [2.45, 2.75) is 25.8 Å². The zero-order chi connectivity index (χ0) is 14.0. The van der Waals surface area contributed by atoms with Gasteiger partial charge in [-0.2, -0.15) is 0 Å². The normalized spacial score (nSPS) is 12.3. The van der Waals surface area contributed by atoms with Gasteiger partial charge in [0.05, 0.1) is 7.11 Å². The predicted octanol–water partition coefficient (Wildman–Crippen LogP) is -0.404. The Bertz CT molecular complexity index is 257. The molecule has 0 radical (unpaired) electrons. The van der Waals surface area contributed by atoms with Gasteiger partial charge in [0, 0.05) is 13.5 Å². The molecular weight excluding hydrogens is 234 g/mol. The van der Waals surface area contributed by atoms with Crippen LogP contribution in [0.3, 0.4) is 0 Å². The van der Waals surface area contributed by atoms with Gasteiger partial charge < -0.3 is 20.3 Å². The number of hydrogen-bond donors (Lipinski definition) is 2. The fraction of sp³-hybridized carbons (Fsp3) is 0.833. The fourth-order valence-corrected chi connectivity index (χ4v) is 1.51. The van der Waals surface area contributed by atoms with Gasteiger partial charge in [-0.25, -0.2) is 4.79 Å². The lowest BCUT2D eigenvalue weighted by Gasteiger charge is -2.16. The molecular formula is C12H25N3O3. The molecule has 0 aliphatic heterocycles. The second-order valence-corrected chi connectivity index (χ2v) is 4.49. The summed E-state index contributed by atoms with van der Waals surface area (Å²) in [5.74, 6) is -0.661. The van der Waals surface area contributed by atoms with E-state index in [0.717, 1.165) is 25.9 Å². The average Bonchev–Trinajstić information content (AvgIpc) is 2.30. The van der Waals surface area contributed by atoms with Gasteiger partial charge in [0.25, 0.3) is 0 Å². The zero-order valence-corrected chi connectivity index (χ0v) is 11.8. The second-order valence-electron chi connectivity index (χ2n) is 4.49. The van der Waals surface area contributed by atoms with E-state index < -0.39 is 12.0 Å². The van der Waals surface area contributed by atoms with E-state index >= 15 is 0 Å². The minimum atomic E-state index is -0.610. The van der Waals surface area contributed by atoms with Crippen LogP contribution in [0.4, 0.5) is 0 Å². The van der Waals surface area contributed by atoms with Gasteiger partial charge in [0.15, 0.2) is 0 Å². The highest BCUT2D eigenvalue weighted by molar-refractivity contribution is 5.83. The maximum atomic E-state index is 11.4. The highest BCUT2D eigenvalue weighted by atomic mass is 16.5. The number of carbonyl (C=O) groups is 2. The van der Waals surface area contributed by atoms with Crippen LogP contribution in [-0.2, 0) is 14.3 Å². The van der Waals surface area contributed by atoms with Crippen molar-refractivity contribution in [2.75, 3.05) is 40.8 Å². The maximum absolute atomic E-state index is 11.4. The lowest BCUT2D eigenvalue weighted by Crippen LogP contribution is -2.47. The van der Waals surface area contributed by atoms with Crippen LogP contribution < -0.4 is 10.6 Å². The number of methoxy groups -OCH3 is 1. The van der Waals surface area contributed by atoms with E-state index in [1.807, 2.05) is 14.1 Å². The molecule has 0 bridgehead atoms. The Morgan fingerprint density at radius 2 is 1.94 bits per heavy atom. The summed E-state index contributed by atoms with van der Waals surface area (Å²) in [4.78, 5) is 24.4. The predicted molar refractivity (Wildman–Crippen MR) is 70.3 cm³/mol. The Morgan fingerprint density at radius 3 is 2.44 bits per heavy atom. The van der Waals surface area contributed by atoms with Gasteiger partial charge >= 0.3 is 5.97 Å². The molecule has 0 aromatic rings. The number of amides is 1. The lowest BCUT2D eigenvalue weighted by atomic mass is 10.2. The molecule has 6 heteroatoms. The van der Waals surface area contributed by atoms with Crippen molar-refractivity contribution in [1.29, 1.82) is 0 Å². The molecule has 1 unspecified atom stereocenters. The van der Waals surface area contributed by atoms with E-state index in [0.29, 0.717) is 6.54 Å². The van der Waals surface area contributed by atoms with Gasteiger partial charge in [0.1, 0.15) is 6.04 Å². The SMILES string of the molecule is COC(=O)C(CNCCCCN(C)C)NC(C)=O. The lowest BCUT2D eigenvalue weighted by molar-refractivity contribution is -0.144. The van der Waals surface area contributed by atoms with Crippen LogP contribution in [0.1, 0.15) is 19.8 Å². The third-order valence-corrected chi connectivity index (χ3v) is 2.42. The van der Waals surface area contributed by atoms with Crippen LogP contribution in [0.25, 0.3) is 0 Å². The van der Waals surface area contributed by atoms with Crippen molar-refractivity contribution in [3.63, 3.8) is 0 Å². The van der Waals surface area contributed by atoms with Crippen molar-refractivity contribution >= 4 is 11.9 Å². The first kappa shape index (κ1) is 16.9. The summed E-state index contributed by atoms with van der Waals surface area (Å²) in [6.07, 6.45) is 2.13. The van der Waals surface area contributed by atoms with E-state index in [4.69, 9.17) is 0 Å². The van der Waals surface area contributed by atoms with E-state index in [1.54, 1.807) is 0 Å². The Morgan fingerprint density at radius 1 is 1.28 bits per heavy atom. The molecule has 0 aromatic heterocycles. The number of unbranched alkanes of at least 4 members (excludes halogenated alkanes) is 1. The van der Waals surface area contributed by atoms with Crippen molar-refractivity contribution in [3.05, 3.63) is 0 Å². The Balaban J connectivity index is 3.76. The topological polar surface area (TPSA) is 70.7 Å². The van der Waals surface area contributed by atoms with Gasteiger partial charge in [-0.1, -0.05) is 0 Å². The van der Waals surface area contributed by atoms with E-state index in [1.165, 1.54) is 14.0 Å². The van der Waals surface area contributed by atoms with Gasteiger partial charge in [-0.05, 0) is 40.0 Å². The monoisotopic (exact) mass is 259 g/mol. The molecule has 0 spiro atoms. The Hall–Kier alpha value is -1.14. The number of carbonyl (C=O) groups excluding carboxylic acids is 2. The van der Waals surface area contributed by atoms with Crippen LogP contribution in [0.2, 0.25) is 0 Å². The molecule has 0 saturated carbocycles. The molecule has 0 aliphatic rings. The quantitative estimate of drug-likeness (QED) is 0.435. The van der Waals surface area contributed by atoms with Crippen LogP contribution in [0.15, 0.2) is 0 Å². The summed E-state index contributed by atoms with van der Waals surface area (Å²) < 4.78 is 4.62. The number of nitrogens with one attached hydrogen (secondary N) is 2. The molecule has 106 valence electrons. The molecule has 0 rings (SSSR count). The van der Waals surface area contributed by atoms with Crippen LogP contribution in [0.5, 0.6) is 0 Å². The third-order valence-electron chi connectivity index (χ3n) is 2.42. The molecule has 2 N–H and O–H groups in total. The van der Waals surface area contributed by atoms with Crippen molar-refractivity contribution in [3.8, 4) is 0 Å². The number of rotatable bonds is 9. The largest absolute Gasteiger partial charge is 0.467 e. The van der Waals surface area contributed by atoms with Crippen molar-refractivity contribution < 1.29 is 14.3 Å². The minimum Gasteiger partial charge on any atom is -0.467 e. The summed E-state index contributed by atoms with van der Waals surface area (Å²) in [5, 5.41) is 5.70. The smallest absolute Gasteiger partial charge is 0.329 e.